The fourth-order valence-corrected chi connectivity index (χ4v) is 4.11. The summed E-state index contributed by atoms with van der Waals surface area (Å²) >= 11 is 1.83. The van der Waals surface area contributed by atoms with Crippen LogP contribution < -0.4 is 5.32 Å². The van der Waals surface area contributed by atoms with Crippen molar-refractivity contribution in [2.75, 3.05) is 19.6 Å². The zero-order chi connectivity index (χ0) is 14.4. The molecule has 4 nitrogen and oxygen atoms in total. The van der Waals surface area contributed by atoms with Gasteiger partial charge in [-0.15, -0.1) is 11.3 Å². The Balaban J connectivity index is 1.76. The largest absolute Gasteiger partial charge is 0.444 e. The van der Waals surface area contributed by atoms with Crippen LogP contribution in [0.4, 0.5) is 4.79 Å². The van der Waals surface area contributed by atoms with Crippen molar-refractivity contribution in [1.82, 2.24) is 10.2 Å². The van der Waals surface area contributed by atoms with Crippen molar-refractivity contribution in [1.29, 1.82) is 0 Å². The van der Waals surface area contributed by atoms with Crippen LogP contribution in [0.15, 0.2) is 11.4 Å². The van der Waals surface area contributed by atoms with Crippen molar-refractivity contribution in [3.8, 4) is 0 Å². The van der Waals surface area contributed by atoms with E-state index >= 15 is 0 Å². The van der Waals surface area contributed by atoms with Crippen LogP contribution in [-0.4, -0.2) is 36.2 Å². The predicted octanol–water partition coefficient (Wildman–Crippen LogP) is 2.73. The van der Waals surface area contributed by atoms with Crippen molar-refractivity contribution in [3.63, 3.8) is 0 Å². The lowest BCUT2D eigenvalue weighted by atomic mass is 9.86. The van der Waals surface area contributed by atoms with Crippen LogP contribution in [0.3, 0.4) is 0 Å². The second kappa shape index (κ2) is 4.74. The van der Waals surface area contributed by atoms with Crippen molar-refractivity contribution < 1.29 is 9.53 Å². The van der Waals surface area contributed by atoms with Crippen molar-refractivity contribution in [2.24, 2.45) is 0 Å². The van der Waals surface area contributed by atoms with E-state index in [1.165, 1.54) is 10.4 Å². The minimum Gasteiger partial charge on any atom is -0.444 e. The third-order valence-corrected chi connectivity index (χ3v) is 4.98. The first-order chi connectivity index (χ1) is 9.40. The number of rotatable bonds is 0. The zero-order valence-electron chi connectivity index (χ0n) is 12.4. The Morgan fingerprint density at radius 3 is 3.05 bits per heavy atom. The first-order valence-corrected chi connectivity index (χ1v) is 8.07. The molecule has 1 atom stereocenters. The number of nitrogens with zero attached hydrogens (tertiary/aromatic N) is 1. The average molecular weight is 294 g/mol. The van der Waals surface area contributed by atoms with E-state index in [9.17, 15) is 4.79 Å². The van der Waals surface area contributed by atoms with E-state index < -0.39 is 5.60 Å². The summed E-state index contributed by atoms with van der Waals surface area (Å²) in [5, 5.41) is 5.80. The summed E-state index contributed by atoms with van der Waals surface area (Å²) in [5.41, 5.74) is 0.907. The highest BCUT2D eigenvalue weighted by Crippen LogP contribution is 2.39. The first kappa shape index (κ1) is 13.9. The molecule has 0 radical (unpaired) electrons. The molecule has 1 saturated heterocycles. The normalized spacial score (nSPS) is 25.9. The SMILES string of the molecule is CC(C)(C)OC(=O)N1CCC2(C1)NCCc1sccc12. The molecular formula is C15H22N2O2S. The Labute approximate surface area is 124 Å². The van der Waals surface area contributed by atoms with Crippen molar-refractivity contribution >= 4 is 17.4 Å². The minimum absolute atomic E-state index is 0.0511. The smallest absolute Gasteiger partial charge is 0.410 e. The molecular weight excluding hydrogens is 272 g/mol. The molecule has 2 aliphatic heterocycles. The average Bonchev–Trinajstić information content (AvgIpc) is 2.95. The fourth-order valence-electron chi connectivity index (χ4n) is 3.13. The number of thiophene rings is 1. The summed E-state index contributed by atoms with van der Waals surface area (Å²) < 4.78 is 5.49. The number of carbonyl (C=O) groups excluding carboxylic acids is 1. The maximum absolute atomic E-state index is 12.2. The maximum Gasteiger partial charge on any atom is 0.410 e. The molecule has 20 heavy (non-hydrogen) atoms. The van der Waals surface area contributed by atoms with E-state index in [4.69, 9.17) is 4.74 Å². The summed E-state index contributed by atoms with van der Waals surface area (Å²) in [6.45, 7) is 8.20. The molecule has 1 N–H and O–H groups in total. The number of carbonyl (C=O) groups is 1. The van der Waals surface area contributed by atoms with Crippen LogP contribution in [0.2, 0.25) is 0 Å². The molecule has 1 amide bonds. The number of amides is 1. The molecule has 1 spiro atoms. The lowest BCUT2D eigenvalue weighted by molar-refractivity contribution is 0.0279. The van der Waals surface area contributed by atoms with Gasteiger partial charge in [0.25, 0.3) is 0 Å². The van der Waals surface area contributed by atoms with E-state index in [-0.39, 0.29) is 11.6 Å². The molecule has 2 aliphatic rings. The molecule has 1 unspecified atom stereocenters. The summed E-state index contributed by atoms with van der Waals surface area (Å²) in [4.78, 5) is 15.5. The van der Waals surface area contributed by atoms with Crippen LogP contribution in [-0.2, 0) is 16.7 Å². The fraction of sp³-hybridized carbons (Fsp3) is 0.667. The van der Waals surface area contributed by atoms with Gasteiger partial charge < -0.3 is 15.0 Å². The Kier molecular flexibility index (Phi) is 3.29. The van der Waals surface area contributed by atoms with E-state index in [2.05, 4.69) is 16.8 Å². The lowest BCUT2D eigenvalue weighted by Crippen LogP contribution is -2.49. The molecule has 1 aromatic heterocycles. The second-order valence-electron chi connectivity index (χ2n) is 6.67. The topological polar surface area (TPSA) is 41.6 Å². The van der Waals surface area contributed by atoms with Crippen LogP contribution in [0.5, 0.6) is 0 Å². The molecule has 0 aromatic carbocycles. The molecule has 0 aliphatic carbocycles. The van der Waals surface area contributed by atoms with Gasteiger partial charge in [0, 0.05) is 24.5 Å². The molecule has 5 heteroatoms. The Bertz CT molecular complexity index is 520. The molecule has 3 heterocycles. The van der Waals surface area contributed by atoms with Gasteiger partial charge in [0.2, 0.25) is 0 Å². The van der Waals surface area contributed by atoms with Gasteiger partial charge in [0.15, 0.2) is 0 Å². The van der Waals surface area contributed by atoms with Gasteiger partial charge in [-0.1, -0.05) is 0 Å². The number of fused-ring (bicyclic) bond motifs is 2. The van der Waals surface area contributed by atoms with Gasteiger partial charge in [0.05, 0.1) is 5.54 Å². The standard InChI is InChI=1S/C15H22N2O2S/c1-14(2,3)19-13(18)17-8-6-15(10-17)11-5-9-20-12(11)4-7-16-15/h5,9,16H,4,6-8,10H2,1-3H3. The van der Waals surface area contributed by atoms with Gasteiger partial charge in [-0.05, 0) is 50.6 Å². The number of hydrogen-bond acceptors (Lipinski definition) is 4. The minimum atomic E-state index is -0.430. The van der Waals surface area contributed by atoms with Crippen LogP contribution >= 0.6 is 11.3 Å². The molecule has 110 valence electrons. The van der Waals surface area contributed by atoms with Crippen LogP contribution in [0.1, 0.15) is 37.6 Å². The van der Waals surface area contributed by atoms with Gasteiger partial charge in [-0.3, -0.25) is 0 Å². The highest BCUT2D eigenvalue weighted by Gasteiger charge is 2.45. The van der Waals surface area contributed by atoms with E-state index in [0.717, 1.165) is 25.9 Å². The summed E-state index contributed by atoms with van der Waals surface area (Å²) in [6, 6.07) is 2.21. The van der Waals surface area contributed by atoms with Crippen molar-refractivity contribution in [2.45, 2.75) is 44.8 Å². The van der Waals surface area contributed by atoms with E-state index in [1.807, 2.05) is 37.0 Å². The van der Waals surface area contributed by atoms with Gasteiger partial charge in [-0.25, -0.2) is 4.79 Å². The number of likely N-dealkylation sites (tertiary alicyclic amines) is 1. The molecule has 1 fully saturated rings. The summed E-state index contributed by atoms with van der Waals surface area (Å²) in [7, 11) is 0. The Hall–Kier alpha value is -1.07. The highest BCUT2D eigenvalue weighted by molar-refractivity contribution is 7.10. The molecule has 0 saturated carbocycles. The number of hydrogen-bond donors (Lipinski definition) is 1. The molecule has 0 bridgehead atoms. The number of nitrogens with one attached hydrogen (secondary N) is 1. The summed E-state index contributed by atoms with van der Waals surface area (Å²) in [6.07, 6.45) is 1.87. The van der Waals surface area contributed by atoms with Gasteiger partial charge in [-0.2, -0.15) is 0 Å². The maximum atomic E-state index is 12.2. The van der Waals surface area contributed by atoms with Crippen LogP contribution in [0.25, 0.3) is 0 Å². The van der Waals surface area contributed by atoms with E-state index in [1.54, 1.807) is 0 Å². The monoisotopic (exact) mass is 294 g/mol. The molecule has 1 aromatic rings. The third kappa shape index (κ3) is 2.44. The summed E-state index contributed by atoms with van der Waals surface area (Å²) in [5.74, 6) is 0. The Morgan fingerprint density at radius 1 is 1.50 bits per heavy atom. The zero-order valence-corrected chi connectivity index (χ0v) is 13.2. The second-order valence-corrected chi connectivity index (χ2v) is 7.67. The van der Waals surface area contributed by atoms with E-state index in [0.29, 0.717) is 6.54 Å². The molecule has 3 rings (SSSR count). The Morgan fingerprint density at radius 2 is 2.30 bits per heavy atom. The van der Waals surface area contributed by atoms with Gasteiger partial charge in [0.1, 0.15) is 5.60 Å². The predicted molar refractivity (Wildman–Crippen MR) is 80.1 cm³/mol. The van der Waals surface area contributed by atoms with Crippen molar-refractivity contribution in [3.05, 3.63) is 21.9 Å². The van der Waals surface area contributed by atoms with Crippen LogP contribution in [0, 0.1) is 0 Å². The quantitative estimate of drug-likeness (QED) is 0.800. The van der Waals surface area contributed by atoms with Gasteiger partial charge >= 0.3 is 6.09 Å². The lowest BCUT2D eigenvalue weighted by Gasteiger charge is -2.35. The number of ether oxygens (including phenoxy) is 1. The third-order valence-electron chi connectivity index (χ3n) is 4.00. The highest BCUT2D eigenvalue weighted by atomic mass is 32.1. The first-order valence-electron chi connectivity index (χ1n) is 7.19.